The van der Waals surface area contributed by atoms with E-state index in [4.69, 9.17) is 37.0 Å². The lowest BCUT2D eigenvalue weighted by molar-refractivity contribution is -0.161. The highest BCUT2D eigenvalue weighted by Crippen LogP contribution is 2.45. The van der Waals surface area contributed by atoms with Crippen molar-refractivity contribution in [3.05, 3.63) is 0 Å². The second kappa shape index (κ2) is 67.9. The predicted molar refractivity (Wildman–Crippen MR) is 386 cm³/mol. The van der Waals surface area contributed by atoms with Crippen molar-refractivity contribution < 1.29 is 80.2 Å². The molecule has 0 aliphatic carbocycles. The van der Waals surface area contributed by atoms with Crippen LogP contribution in [0.5, 0.6) is 0 Å². The number of aliphatic hydroxyl groups is 1. The van der Waals surface area contributed by atoms with Crippen LogP contribution in [0.1, 0.15) is 395 Å². The predicted octanol–water partition coefficient (Wildman–Crippen LogP) is 22.3. The lowest BCUT2D eigenvalue weighted by atomic mass is 10.0. The Morgan fingerprint density at radius 3 is 0.716 bits per heavy atom. The van der Waals surface area contributed by atoms with E-state index in [0.717, 1.165) is 102 Å². The van der Waals surface area contributed by atoms with Crippen molar-refractivity contribution in [2.24, 2.45) is 11.8 Å². The maximum atomic E-state index is 13.1. The molecule has 0 aliphatic heterocycles. The molecule has 564 valence electrons. The summed E-state index contributed by atoms with van der Waals surface area (Å²) in [5.74, 6) is -0.652. The molecule has 0 fully saturated rings. The molecular formula is C76H148O17P2. The third-order valence-electron chi connectivity index (χ3n) is 17.7. The number of ether oxygens (including phenoxy) is 4. The van der Waals surface area contributed by atoms with E-state index in [-0.39, 0.29) is 25.7 Å². The lowest BCUT2D eigenvalue weighted by Gasteiger charge is -2.21. The minimum atomic E-state index is -4.96. The first-order valence-electron chi connectivity index (χ1n) is 39.5. The number of unbranched alkanes of at least 4 members (excludes halogenated alkanes) is 45. The Kier molecular flexibility index (Phi) is 66.5. The van der Waals surface area contributed by atoms with Crippen molar-refractivity contribution in [3.8, 4) is 0 Å². The van der Waals surface area contributed by atoms with Gasteiger partial charge in [0.25, 0.3) is 0 Å². The zero-order valence-corrected chi connectivity index (χ0v) is 63.8. The van der Waals surface area contributed by atoms with Gasteiger partial charge in [0, 0.05) is 25.7 Å². The molecule has 0 spiro atoms. The number of carbonyl (C=O) groups excluding carboxylic acids is 4. The summed E-state index contributed by atoms with van der Waals surface area (Å²) in [6, 6.07) is 0. The van der Waals surface area contributed by atoms with Crippen molar-refractivity contribution in [2.45, 2.75) is 413 Å². The largest absolute Gasteiger partial charge is 0.472 e. The highest BCUT2D eigenvalue weighted by atomic mass is 31.2. The Balaban J connectivity index is 5.25. The number of hydrogen-bond acceptors (Lipinski definition) is 15. The highest BCUT2D eigenvalue weighted by molar-refractivity contribution is 7.47. The summed E-state index contributed by atoms with van der Waals surface area (Å²) in [6.45, 7) is 9.54. The van der Waals surface area contributed by atoms with Crippen LogP contribution < -0.4 is 0 Å². The summed E-state index contributed by atoms with van der Waals surface area (Å²) in [5.41, 5.74) is 0. The lowest BCUT2D eigenvalue weighted by Crippen LogP contribution is -2.30. The van der Waals surface area contributed by atoms with E-state index in [9.17, 15) is 43.2 Å². The number of hydrogen-bond donors (Lipinski definition) is 3. The van der Waals surface area contributed by atoms with Gasteiger partial charge < -0.3 is 33.8 Å². The van der Waals surface area contributed by atoms with Crippen molar-refractivity contribution in [3.63, 3.8) is 0 Å². The molecule has 0 aromatic carbocycles. The molecule has 2 unspecified atom stereocenters. The molecule has 0 amide bonds. The fourth-order valence-corrected chi connectivity index (χ4v) is 13.2. The number of rotatable bonds is 75. The van der Waals surface area contributed by atoms with Crippen molar-refractivity contribution in [2.75, 3.05) is 39.6 Å². The van der Waals surface area contributed by atoms with Gasteiger partial charge in [0.05, 0.1) is 26.4 Å². The molecule has 0 rings (SSSR count). The van der Waals surface area contributed by atoms with Crippen LogP contribution in [0, 0.1) is 11.8 Å². The van der Waals surface area contributed by atoms with Crippen molar-refractivity contribution >= 4 is 39.5 Å². The number of phosphoric acid groups is 2. The maximum absolute atomic E-state index is 13.1. The van der Waals surface area contributed by atoms with Crippen LogP contribution in [0.2, 0.25) is 0 Å². The summed E-state index contributed by atoms with van der Waals surface area (Å²) >= 11 is 0. The average molecular weight is 1400 g/mol. The summed E-state index contributed by atoms with van der Waals surface area (Å²) in [7, 11) is -9.91. The molecule has 0 aromatic heterocycles. The summed E-state index contributed by atoms with van der Waals surface area (Å²) < 4.78 is 68.5. The Hall–Kier alpha value is -1.94. The molecule has 95 heavy (non-hydrogen) atoms. The van der Waals surface area contributed by atoms with Crippen LogP contribution in [0.3, 0.4) is 0 Å². The van der Waals surface area contributed by atoms with Gasteiger partial charge in [-0.15, -0.1) is 0 Å². The van der Waals surface area contributed by atoms with Crippen LogP contribution in [0.4, 0.5) is 0 Å². The van der Waals surface area contributed by atoms with Crippen LogP contribution in [-0.4, -0.2) is 96.7 Å². The van der Waals surface area contributed by atoms with Crippen LogP contribution in [-0.2, 0) is 65.4 Å². The molecule has 0 bridgehead atoms. The van der Waals surface area contributed by atoms with Gasteiger partial charge in [0.15, 0.2) is 12.2 Å². The zero-order valence-electron chi connectivity index (χ0n) is 62.0. The second-order valence-corrected chi connectivity index (χ2v) is 31.3. The Morgan fingerprint density at radius 2 is 0.484 bits per heavy atom. The number of phosphoric ester groups is 2. The second-order valence-electron chi connectivity index (χ2n) is 28.3. The third kappa shape index (κ3) is 70.3. The molecular weight excluding hydrogens is 1250 g/mol. The van der Waals surface area contributed by atoms with E-state index >= 15 is 0 Å². The van der Waals surface area contributed by atoms with Crippen LogP contribution in [0.25, 0.3) is 0 Å². The normalized spacial score (nSPS) is 14.0. The molecule has 0 saturated carbocycles. The fourth-order valence-electron chi connectivity index (χ4n) is 11.7. The Morgan fingerprint density at radius 1 is 0.284 bits per heavy atom. The quantitative estimate of drug-likeness (QED) is 0.0222. The van der Waals surface area contributed by atoms with E-state index in [1.807, 2.05) is 0 Å². The van der Waals surface area contributed by atoms with E-state index in [1.165, 1.54) is 212 Å². The van der Waals surface area contributed by atoms with Gasteiger partial charge in [0.1, 0.15) is 19.3 Å². The Bertz CT molecular complexity index is 1840. The number of esters is 4. The fraction of sp³-hybridized carbons (Fsp3) is 0.947. The van der Waals surface area contributed by atoms with Crippen molar-refractivity contribution in [1.29, 1.82) is 0 Å². The first-order chi connectivity index (χ1) is 45.9. The summed E-state index contributed by atoms with van der Waals surface area (Å²) in [5, 5.41) is 10.6. The first-order valence-corrected chi connectivity index (χ1v) is 42.5. The van der Waals surface area contributed by atoms with Gasteiger partial charge in [-0.1, -0.05) is 343 Å². The molecule has 0 heterocycles. The SMILES string of the molecule is CCCCCCCCCCCCCCCCCCC(=O)OC[C@H](COP(=O)(O)OC[C@@H](O)COP(=O)(O)OC[C@@H](COC(=O)CCCCCCCCCCC(C)C)OC(=O)CCCCCCCCCCCC(C)C)OC(=O)CCCCCCCCCCCCCCCCCC. The molecule has 0 aromatic rings. The number of carbonyl (C=O) groups is 4. The Labute approximate surface area is 581 Å². The minimum Gasteiger partial charge on any atom is -0.462 e. The zero-order chi connectivity index (χ0) is 70.0. The molecule has 3 N–H and O–H groups in total. The number of aliphatic hydroxyl groups excluding tert-OH is 1. The summed E-state index contributed by atoms with van der Waals surface area (Å²) in [6.07, 6.45) is 55.5. The average Bonchev–Trinajstić information content (AvgIpc) is 1.95. The molecule has 5 atom stereocenters. The van der Waals surface area contributed by atoms with Gasteiger partial charge in [-0.2, -0.15) is 0 Å². The van der Waals surface area contributed by atoms with Gasteiger partial charge in [0.2, 0.25) is 0 Å². The molecule has 17 nitrogen and oxygen atoms in total. The standard InChI is InChI=1S/C76H148O17P2/c1-7-9-11-13-15-17-19-21-23-25-27-29-33-40-46-52-58-73(78)86-64-71(92-75(80)60-54-48-42-34-30-28-26-24-22-20-18-16-14-12-10-8-2)66-90-94(82,83)88-62-70(77)63-89-95(84,85)91-67-72(65-87-74(79)59-53-47-41-37-36-39-45-51-57-69(5)6)93-76(81)61-55-49-43-35-31-32-38-44-50-56-68(3)4/h68-72,77H,7-67H2,1-6H3,(H,82,83)(H,84,85)/t70-,71-,72-/m1/s1. The van der Waals surface area contributed by atoms with Gasteiger partial charge >= 0.3 is 39.5 Å². The van der Waals surface area contributed by atoms with Crippen LogP contribution in [0.15, 0.2) is 0 Å². The van der Waals surface area contributed by atoms with Gasteiger partial charge in [-0.25, -0.2) is 9.13 Å². The van der Waals surface area contributed by atoms with Crippen LogP contribution >= 0.6 is 15.6 Å². The maximum Gasteiger partial charge on any atom is 0.472 e. The van der Waals surface area contributed by atoms with Gasteiger partial charge in [-0.3, -0.25) is 37.3 Å². The first kappa shape index (κ1) is 93.1. The molecule has 19 heteroatoms. The monoisotopic (exact) mass is 1400 g/mol. The third-order valence-corrected chi connectivity index (χ3v) is 19.6. The topological polar surface area (TPSA) is 237 Å². The summed E-state index contributed by atoms with van der Waals surface area (Å²) in [4.78, 5) is 72.8. The van der Waals surface area contributed by atoms with E-state index < -0.39 is 97.5 Å². The van der Waals surface area contributed by atoms with E-state index in [1.54, 1.807) is 0 Å². The van der Waals surface area contributed by atoms with E-state index in [2.05, 4.69) is 41.5 Å². The van der Waals surface area contributed by atoms with Crippen molar-refractivity contribution in [1.82, 2.24) is 0 Å². The molecule has 0 saturated heterocycles. The molecule has 0 aliphatic rings. The molecule has 0 radical (unpaired) electrons. The smallest absolute Gasteiger partial charge is 0.462 e. The minimum absolute atomic E-state index is 0.105. The van der Waals surface area contributed by atoms with Gasteiger partial charge in [-0.05, 0) is 37.5 Å². The highest BCUT2D eigenvalue weighted by Gasteiger charge is 2.30. The van der Waals surface area contributed by atoms with E-state index in [0.29, 0.717) is 25.7 Å².